The second kappa shape index (κ2) is 4.63. The second-order valence-corrected chi connectivity index (χ2v) is 4.36. The lowest BCUT2D eigenvalue weighted by Crippen LogP contribution is -1.95. The van der Waals surface area contributed by atoms with Crippen molar-refractivity contribution in [3.63, 3.8) is 0 Å². The predicted molar refractivity (Wildman–Crippen MR) is 69.3 cm³/mol. The van der Waals surface area contributed by atoms with Gasteiger partial charge in [-0.1, -0.05) is 6.07 Å². The second-order valence-electron chi connectivity index (χ2n) is 3.51. The van der Waals surface area contributed by atoms with Gasteiger partial charge in [0, 0.05) is 10.5 Å². The zero-order valence-electron chi connectivity index (χ0n) is 9.14. The molecule has 0 aliphatic heterocycles. The fraction of sp³-hybridized carbons (Fsp3) is 0.0833. The molecule has 1 aromatic heterocycles. The molecule has 3 N–H and O–H groups in total. The molecule has 1 heterocycles. The number of aromatic hydroxyl groups is 1. The number of nitrogens with zero attached hydrogens (tertiary/aromatic N) is 1. The molecule has 17 heavy (non-hydrogen) atoms. The smallest absolute Gasteiger partial charge is 0.219 e. The molecule has 0 spiro atoms. The summed E-state index contributed by atoms with van der Waals surface area (Å²) in [5.41, 5.74) is 6.71. The van der Waals surface area contributed by atoms with Gasteiger partial charge in [0.05, 0.1) is 5.69 Å². The molecule has 0 saturated carbocycles. The molecule has 0 atom stereocenters. The van der Waals surface area contributed by atoms with E-state index in [1.165, 1.54) is 6.07 Å². The first-order valence-corrected chi connectivity index (χ1v) is 5.75. The molecule has 5 heteroatoms. The lowest BCUT2D eigenvalue weighted by atomic mass is 10.3. The highest BCUT2D eigenvalue weighted by molar-refractivity contribution is 9.10. The SMILES string of the molecule is Cc1nc(Oc2cccc(O)c2N)ccc1Br. The topological polar surface area (TPSA) is 68.4 Å². The highest BCUT2D eigenvalue weighted by atomic mass is 79.9. The van der Waals surface area contributed by atoms with Crippen LogP contribution in [0.3, 0.4) is 0 Å². The van der Waals surface area contributed by atoms with Crippen LogP contribution in [0.2, 0.25) is 0 Å². The quantitative estimate of drug-likeness (QED) is 0.659. The minimum absolute atomic E-state index is 0.00339. The van der Waals surface area contributed by atoms with Crippen LogP contribution in [0.15, 0.2) is 34.8 Å². The van der Waals surface area contributed by atoms with Crippen LogP contribution in [0.5, 0.6) is 17.4 Å². The molecule has 0 unspecified atom stereocenters. The zero-order valence-corrected chi connectivity index (χ0v) is 10.7. The number of ether oxygens (including phenoxy) is 1. The van der Waals surface area contributed by atoms with Gasteiger partial charge in [-0.15, -0.1) is 0 Å². The summed E-state index contributed by atoms with van der Waals surface area (Å²) in [6.07, 6.45) is 0. The van der Waals surface area contributed by atoms with Crippen molar-refractivity contribution in [1.82, 2.24) is 4.98 Å². The summed E-state index contributed by atoms with van der Waals surface area (Å²) in [6.45, 7) is 1.86. The van der Waals surface area contributed by atoms with Crippen molar-refractivity contribution >= 4 is 21.6 Å². The van der Waals surface area contributed by atoms with Gasteiger partial charge >= 0.3 is 0 Å². The summed E-state index contributed by atoms with van der Waals surface area (Å²) in [7, 11) is 0. The molecule has 0 fully saturated rings. The Morgan fingerprint density at radius 1 is 1.29 bits per heavy atom. The summed E-state index contributed by atoms with van der Waals surface area (Å²) >= 11 is 3.36. The first-order valence-electron chi connectivity index (χ1n) is 4.96. The zero-order chi connectivity index (χ0) is 12.4. The van der Waals surface area contributed by atoms with E-state index in [4.69, 9.17) is 10.5 Å². The first kappa shape index (κ1) is 11.7. The number of pyridine rings is 1. The molecule has 0 saturated heterocycles. The third kappa shape index (κ3) is 2.50. The highest BCUT2D eigenvalue weighted by Crippen LogP contribution is 2.33. The maximum atomic E-state index is 9.44. The number of phenols is 1. The maximum Gasteiger partial charge on any atom is 0.219 e. The molecule has 0 radical (unpaired) electrons. The number of benzene rings is 1. The summed E-state index contributed by atoms with van der Waals surface area (Å²) in [4.78, 5) is 4.23. The van der Waals surface area contributed by atoms with Crippen molar-refractivity contribution < 1.29 is 9.84 Å². The van der Waals surface area contributed by atoms with Gasteiger partial charge in [0.25, 0.3) is 0 Å². The van der Waals surface area contributed by atoms with E-state index in [-0.39, 0.29) is 11.4 Å². The van der Waals surface area contributed by atoms with Gasteiger partial charge in [0.15, 0.2) is 5.75 Å². The first-order chi connectivity index (χ1) is 8.08. The average molecular weight is 295 g/mol. The molecule has 0 aliphatic carbocycles. The van der Waals surface area contributed by atoms with E-state index in [0.29, 0.717) is 11.6 Å². The van der Waals surface area contributed by atoms with Crippen LogP contribution in [-0.4, -0.2) is 10.1 Å². The standard InChI is InChI=1S/C12H11BrN2O2/c1-7-8(13)5-6-11(15-7)17-10-4-2-3-9(16)12(10)14/h2-6,16H,14H2,1H3. The third-order valence-corrected chi connectivity index (χ3v) is 3.09. The molecular weight excluding hydrogens is 284 g/mol. The van der Waals surface area contributed by atoms with Gasteiger partial charge in [-0.05, 0) is 41.1 Å². The van der Waals surface area contributed by atoms with Crippen LogP contribution in [0.1, 0.15) is 5.69 Å². The number of aryl methyl sites for hydroxylation is 1. The van der Waals surface area contributed by atoms with Gasteiger partial charge in [0.1, 0.15) is 11.4 Å². The Hall–Kier alpha value is -1.75. The largest absolute Gasteiger partial charge is 0.506 e. The maximum absolute atomic E-state index is 9.44. The van der Waals surface area contributed by atoms with Gasteiger partial charge in [-0.2, -0.15) is 0 Å². The van der Waals surface area contributed by atoms with Crippen LogP contribution < -0.4 is 10.5 Å². The highest BCUT2D eigenvalue weighted by Gasteiger charge is 2.07. The Morgan fingerprint density at radius 3 is 2.76 bits per heavy atom. The van der Waals surface area contributed by atoms with E-state index in [9.17, 15) is 5.11 Å². The molecular formula is C12H11BrN2O2. The molecule has 1 aromatic carbocycles. The Kier molecular flexibility index (Phi) is 3.19. The van der Waals surface area contributed by atoms with Crippen LogP contribution >= 0.6 is 15.9 Å². The van der Waals surface area contributed by atoms with Crippen molar-refractivity contribution in [3.8, 4) is 17.4 Å². The van der Waals surface area contributed by atoms with Crippen molar-refractivity contribution in [2.45, 2.75) is 6.92 Å². The lowest BCUT2D eigenvalue weighted by Gasteiger charge is -2.09. The van der Waals surface area contributed by atoms with Crippen molar-refractivity contribution in [2.24, 2.45) is 0 Å². The minimum atomic E-state index is -0.00339. The Bertz CT molecular complexity index is 558. The van der Waals surface area contributed by atoms with Gasteiger partial charge in [0.2, 0.25) is 5.88 Å². The fourth-order valence-electron chi connectivity index (χ4n) is 1.31. The number of nitrogen functional groups attached to an aromatic ring is 1. The third-order valence-electron chi connectivity index (χ3n) is 2.25. The number of aromatic nitrogens is 1. The van der Waals surface area contributed by atoms with Crippen LogP contribution in [-0.2, 0) is 0 Å². The number of rotatable bonds is 2. The summed E-state index contributed by atoms with van der Waals surface area (Å²) in [6, 6.07) is 8.40. The predicted octanol–water partition coefficient (Wildman–Crippen LogP) is 3.23. The monoisotopic (exact) mass is 294 g/mol. The summed E-state index contributed by atoms with van der Waals surface area (Å²) < 4.78 is 6.42. The molecule has 2 aromatic rings. The Morgan fingerprint density at radius 2 is 2.06 bits per heavy atom. The fourth-order valence-corrected chi connectivity index (χ4v) is 1.53. The van der Waals surface area contributed by atoms with E-state index < -0.39 is 0 Å². The molecule has 2 rings (SSSR count). The number of phenolic OH excluding ortho intramolecular Hbond substituents is 1. The number of nitrogens with two attached hydrogens (primary N) is 1. The average Bonchev–Trinajstić information content (AvgIpc) is 2.30. The molecule has 4 nitrogen and oxygen atoms in total. The van der Waals surface area contributed by atoms with Crippen LogP contribution in [0.25, 0.3) is 0 Å². The van der Waals surface area contributed by atoms with Crippen molar-refractivity contribution in [2.75, 3.05) is 5.73 Å². The van der Waals surface area contributed by atoms with Crippen molar-refractivity contribution in [3.05, 3.63) is 40.5 Å². The van der Waals surface area contributed by atoms with E-state index >= 15 is 0 Å². The molecule has 88 valence electrons. The molecule has 0 bridgehead atoms. The van der Waals surface area contributed by atoms with Crippen molar-refractivity contribution in [1.29, 1.82) is 0 Å². The molecule has 0 amide bonds. The normalized spacial score (nSPS) is 10.2. The molecule has 0 aliphatic rings. The number of anilines is 1. The summed E-state index contributed by atoms with van der Waals surface area (Å²) in [5.74, 6) is 0.818. The number of para-hydroxylation sites is 1. The number of hydrogen-bond acceptors (Lipinski definition) is 4. The Labute approximate surface area is 107 Å². The van der Waals surface area contributed by atoms with E-state index in [1.54, 1.807) is 18.2 Å². The van der Waals surface area contributed by atoms with Gasteiger partial charge in [-0.25, -0.2) is 4.98 Å². The van der Waals surface area contributed by atoms with Gasteiger partial charge < -0.3 is 15.6 Å². The van der Waals surface area contributed by atoms with E-state index in [0.717, 1.165) is 10.2 Å². The van der Waals surface area contributed by atoms with Crippen LogP contribution in [0, 0.1) is 6.92 Å². The lowest BCUT2D eigenvalue weighted by molar-refractivity contribution is 0.449. The van der Waals surface area contributed by atoms with Gasteiger partial charge in [-0.3, -0.25) is 0 Å². The van der Waals surface area contributed by atoms with E-state index in [1.807, 2.05) is 13.0 Å². The number of halogens is 1. The number of hydrogen-bond donors (Lipinski definition) is 2. The Balaban J connectivity index is 2.31. The summed E-state index contributed by atoms with van der Waals surface area (Å²) in [5, 5.41) is 9.44. The minimum Gasteiger partial charge on any atom is -0.506 e. The van der Waals surface area contributed by atoms with E-state index in [2.05, 4.69) is 20.9 Å². The van der Waals surface area contributed by atoms with Crippen LogP contribution in [0.4, 0.5) is 5.69 Å².